The van der Waals surface area contributed by atoms with Gasteiger partial charge in [-0.1, -0.05) is 6.92 Å². The molecule has 1 fully saturated rings. The van der Waals surface area contributed by atoms with E-state index < -0.39 is 0 Å². The van der Waals surface area contributed by atoms with Gasteiger partial charge in [-0.05, 0) is 19.3 Å². The van der Waals surface area contributed by atoms with E-state index in [-0.39, 0.29) is 5.91 Å². The summed E-state index contributed by atoms with van der Waals surface area (Å²) in [6, 6.07) is 0.679. The number of carbonyl (C=O) groups is 1. The van der Waals surface area contributed by atoms with E-state index in [4.69, 9.17) is 4.74 Å². The second-order valence-electron chi connectivity index (χ2n) is 4.12. The molecule has 2 atom stereocenters. The van der Waals surface area contributed by atoms with Crippen molar-refractivity contribution in [2.45, 2.75) is 44.7 Å². The largest absolute Gasteiger partial charge is 0.383 e. The van der Waals surface area contributed by atoms with Crippen LogP contribution in [0.25, 0.3) is 0 Å². The zero-order chi connectivity index (χ0) is 11.1. The van der Waals surface area contributed by atoms with Crippen LogP contribution >= 0.6 is 0 Å². The Balaban J connectivity index is 2.36. The highest BCUT2D eigenvalue weighted by Crippen LogP contribution is 2.08. The SMILES string of the molecule is CCC(COC)NC1CCCNC(=O)C1. The molecular formula is C11H22N2O2. The molecule has 2 N–H and O–H groups in total. The molecule has 0 aromatic carbocycles. The molecule has 2 unspecified atom stereocenters. The minimum atomic E-state index is 0.164. The molecule has 0 bridgehead atoms. The quantitative estimate of drug-likeness (QED) is 0.707. The van der Waals surface area contributed by atoms with Crippen molar-refractivity contribution >= 4 is 5.91 Å². The molecule has 0 saturated carbocycles. The van der Waals surface area contributed by atoms with Crippen molar-refractivity contribution < 1.29 is 9.53 Å². The van der Waals surface area contributed by atoms with E-state index in [2.05, 4.69) is 17.6 Å². The maximum absolute atomic E-state index is 11.3. The molecule has 1 aliphatic rings. The molecule has 1 amide bonds. The number of carbonyl (C=O) groups excluding carboxylic acids is 1. The van der Waals surface area contributed by atoms with Crippen LogP contribution in [0.15, 0.2) is 0 Å². The van der Waals surface area contributed by atoms with E-state index >= 15 is 0 Å². The van der Waals surface area contributed by atoms with E-state index in [1.807, 2.05) is 0 Å². The van der Waals surface area contributed by atoms with Gasteiger partial charge in [0.05, 0.1) is 6.61 Å². The van der Waals surface area contributed by atoms with Crippen molar-refractivity contribution in [1.29, 1.82) is 0 Å². The van der Waals surface area contributed by atoms with Crippen molar-refractivity contribution in [2.24, 2.45) is 0 Å². The van der Waals surface area contributed by atoms with Crippen LogP contribution in [0.2, 0.25) is 0 Å². The Morgan fingerprint density at radius 2 is 2.47 bits per heavy atom. The zero-order valence-electron chi connectivity index (χ0n) is 9.71. The molecule has 1 saturated heterocycles. The van der Waals surface area contributed by atoms with Crippen LogP contribution in [0.3, 0.4) is 0 Å². The Labute approximate surface area is 91.8 Å². The van der Waals surface area contributed by atoms with E-state index in [1.54, 1.807) is 7.11 Å². The summed E-state index contributed by atoms with van der Waals surface area (Å²) in [5.74, 6) is 0.164. The van der Waals surface area contributed by atoms with E-state index in [0.717, 1.165) is 25.8 Å². The lowest BCUT2D eigenvalue weighted by atomic mass is 10.1. The standard InChI is InChI=1S/C11H22N2O2/c1-3-9(8-15-2)13-10-5-4-6-12-11(14)7-10/h9-10,13H,3-8H2,1-2H3,(H,12,14). The van der Waals surface area contributed by atoms with Gasteiger partial charge in [-0.2, -0.15) is 0 Å². The smallest absolute Gasteiger partial charge is 0.221 e. The second-order valence-corrected chi connectivity index (χ2v) is 4.12. The fraction of sp³-hybridized carbons (Fsp3) is 0.909. The van der Waals surface area contributed by atoms with Crippen molar-refractivity contribution in [3.63, 3.8) is 0 Å². The summed E-state index contributed by atoms with van der Waals surface area (Å²) >= 11 is 0. The summed E-state index contributed by atoms with van der Waals surface area (Å²) < 4.78 is 5.13. The Morgan fingerprint density at radius 1 is 1.67 bits per heavy atom. The highest BCUT2D eigenvalue weighted by Gasteiger charge is 2.19. The highest BCUT2D eigenvalue weighted by atomic mass is 16.5. The lowest BCUT2D eigenvalue weighted by molar-refractivity contribution is -0.121. The van der Waals surface area contributed by atoms with Crippen LogP contribution in [0.5, 0.6) is 0 Å². The van der Waals surface area contributed by atoms with Crippen LogP contribution < -0.4 is 10.6 Å². The topological polar surface area (TPSA) is 50.4 Å². The maximum Gasteiger partial charge on any atom is 0.221 e. The number of rotatable bonds is 5. The molecule has 0 aromatic heterocycles. The summed E-state index contributed by atoms with van der Waals surface area (Å²) in [5.41, 5.74) is 0. The Morgan fingerprint density at radius 3 is 3.13 bits per heavy atom. The van der Waals surface area contributed by atoms with E-state index in [0.29, 0.717) is 25.1 Å². The summed E-state index contributed by atoms with van der Waals surface area (Å²) in [6.07, 6.45) is 3.76. The number of hydrogen-bond acceptors (Lipinski definition) is 3. The molecule has 0 spiro atoms. The monoisotopic (exact) mass is 214 g/mol. The summed E-state index contributed by atoms with van der Waals surface area (Å²) in [5, 5.41) is 6.38. The molecule has 15 heavy (non-hydrogen) atoms. The summed E-state index contributed by atoms with van der Waals surface area (Å²) in [7, 11) is 1.71. The van der Waals surface area contributed by atoms with Gasteiger partial charge in [0, 0.05) is 32.2 Å². The first-order valence-corrected chi connectivity index (χ1v) is 5.78. The Kier molecular flexibility index (Phi) is 5.65. The van der Waals surface area contributed by atoms with Gasteiger partial charge in [0.25, 0.3) is 0 Å². The molecule has 0 aromatic rings. The first-order valence-electron chi connectivity index (χ1n) is 5.78. The second kappa shape index (κ2) is 6.80. The molecule has 1 rings (SSSR count). The number of hydrogen-bond donors (Lipinski definition) is 2. The first kappa shape index (κ1) is 12.5. The minimum absolute atomic E-state index is 0.164. The predicted octanol–water partition coefficient (Wildman–Crippen LogP) is 0.670. The number of amides is 1. The van der Waals surface area contributed by atoms with Gasteiger partial charge in [-0.15, -0.1) is 0 Å². The molecule has 0 radical (unpaired) electrons. The van der Waals surface area contributed by atoms with Crippen LogP contribution in [-0.2, 0) is 9.53 Å². The van der Waals surface area contributed by atoms with Gasteiger partial charge < -0.3 is 15.4 Å². The van der Waals surface area contributed by atoms with Gasteiger partial charge >= 0.3 is 0 Å². The van der Waals surface area contributed by atoms with Crippen molar-refractivity contribution in [1.82, 2.24) is 10.6 Å². The van der Waals surface area contributed by atoms with E-state index in [9.17, 15) is 4.79 Å². The molecule has 0 aliphatic carbocycles. The zero-order valence-corrected chi connectivity index (χ0v) is 9.71. The average molecular weight is 214 g/mol. The molecular weight excluding hydrogens is 192 g/mol. The third kappa shape index (κ3) is 4.62. The number of nitrogens with one attached hydrogen (secondary N) is 2. The molecule has 1 aliphatic heterocycles. The molecule has 88 valence electrons. The van der Waals surface area contributed by atoms with Crippen molar-refractivity contribution in [3.05, 3.63) is 0 Å². The van der Waals surface area contributed by atoms with Crippen LogP contribution in [-0.4, -0.2) is 38.3 Å². The average Bonchev–Trinajstić information content (AvgIpc) is 2.42. The third-order valence-corrected chi connectivity index (χ3v) is 2.82. The van der Waals surface area contributed by atoms with Crippen molar-refractivity contribution in [3.8, 4) is 0 Å². The van der Waals surface area contributed by atoms with E-state index in [1.165, 1.54) is 0 Å². The van der Waals surface area contributed by atoms with Crippen LogP contribution in [0.1, 0.15) is 32.6 Å². The minimum Gasteiger partial charge on any atom is -0.383 e. The Hall–Kier alpha value is -0.610. The van der Waals surface area contributed by atoms with Crippen LogP contribution in [0.4, 0.5) is 0 Å². The predicted molar refractivity (Wildman–Crippen MR) is 59.7 cm³/mol. The van der Waals surface area contributed by atoms with Gasteiger partial charge in [-0.3, -0.25) is 4.79 Å². The maximum atomic E-state index is 11.3. The fourth-order valence-corrected chi connectivity index (χ4v) is 1.93. The summed E-state index contributed by atoms with van der Waals surface area (Å²) in [6.45, 7) is 3.67. The number of ether oxygens (including phenoxy) is 1. The number of methoxy groups -OCH3 is 1. The molecule has 4 heteroatoms. The third-order valence-electron chi connectivity index (χ3n) is 2.82. The normalized spacial score (nSPS) is 24.4. The van der Waals surface area contributed by atoms with Gasteiger partial charge in [-0.25, -0.2) is 0 Å². The lowest BCUT2D eigenvalue weighted by Gasteiger charge is -2.22. The summed E-state index contributed by atoms with van der Waals surface area (Å²) in [4.78, 5) is 11.3. The van der Waals surface area contributed by atoms with Gasteiger partial charge in [0.1, 0.15) is 0 Å². The van der Waals surface area contributed by atoms with Gasteiger partial charge in [0.15, 0.2) is 0 Å². The fourth-order valence-electron chi connectivity index (χ4n) is 1.93. The lowest BCUT2D eigenvalue weighted by Crippen LogP contribution is -2.41. The molecule has 4 nitrogen and oxygen atoms in total. The molecule has 1 heterocycles. The highest BCUT2D eigenvalue weighted by molar-refractivity contribution is 5.76. The Bertz CT molecular complexity index is 197. The first-order chi connectivity index (χ1) is 7.26. The van der Waals surface area contributed by atoms with Crippen LogP contribution in [0, 0.1) is 0 Å². The van der Waals surface area contributed by atoms with Gasteiger partial charge in [0.2, 0.25) is 5.91 Å². The van der Waals surface area contributed by atoms with Crippen molar-refractivity contribution in [2.75, 3.05) is 20.3 Å².